The number of anilines is 1. The number of halogens is 3. The molecule has 0 amide bonds. The first-order valence-electron chi connectivity index (χ1n) is 11.3. The first-order valence-corrected chi connectivity index (χ1v) is 11.3. The molecule has 0 saturated carbocycles. The summed E-state index contributed by atoms with van der Waals surface area (Å²) >= 11 is 0. The number of aliphatic hydroxyl groups excluding tert-OH is 1. The van der Waals surface area contributed by atoms with Gasteiger partial charge >= 0.3 is 12.1 Å². The zero-order chi connectivity index (χ0) is 24.9. The van der Waals surface area contributed by atoms with E-state index in [1.807, 2.05) is 0 Å². The molecule has 1 atom stereocenters. The molecule has 1 unspecified atom stereocenters. The molecule has 0 bridgehead atoms. The van der Waals surface area contributed by atoms with Gasteiger partial charge in [0, 0.05) is 29.9 Å². The third kappa shape index (κ3) is 4.18. The van der Waals surface area contributed by atoms with E-state index in [4.69, 9.17) is 0 Å². The number of carboxylic acid groups (broad SMARTS) is 1. The largest absolute Gasteiger partial charge is 0.478 e. The van der Waals surface area contributed by atoms with Crippen LogP contribution in [-0.4, -0.2) is 45.2 Å². The van der Waals surface area contributed by atoms with E-state index in [-0.39, 0.29) is 12.1 Å². The van der Waals surface area contributed by atoms with Gasteiger partial charge in [0.25, 0.3) is 5.56 Å². The van der Waals surface area contributed by atoms with E-state index in [0.717, 1.165) is 10.7 Å². The highest BCUT2D eigenvalue weighted by molar-refractivity contribution is 5.89. The molecule has 1 fully saturated rings. The standard InChI is InChI=1S/C25H22F3N3O4/c26-25(27,28)20-8-7-16(30-10-9-17(32)13-30)12-21(20)31-23(33)19-6-2-5-18(19)22(29-31)14-3-1-4-15(11-14)24(34)35/h1,3-4,7-8,11-12,17,32H,2,5-6,9-10,13H2,(H,34,35). The van der Waals surface area contributed by atoms with Crippen molar-refractivity contribution < 1.29 is 28.2 Å². The van der Waals surface area contributed by atoms with Gasteiger partial charge in [-0.2, -0.15) is 23.0 Å². The van der Waals surface area contributed by atoms with Gasteiger partial charge in [0.15, 0.2) is 0 Å². The molecule has 2 N–H and O–H groups in total. The summed E-state index contributed by atoms with van der Waals surface area (Å²) in [6, 6.07) is 9.55. The van der Waals surface area contributed by atoms with Crippen molar-refractivity contribution in [2.24, 2.45) is 0 Å². The molecule has 2 aromatic carbocycles. The van der Waals surface area contributed by atoms with Crippen LogP contribution in [0.4, 0.5) is 18.9 Å². The Morgan fingerprint density at radius 1 is 1.09 bits per heavy atom. The van der Waals surface area contributed by atoms with Gasteiger partial charge in [-0.1, -0.05) is 12.1 Å². The number of fused-ring (bicyclic) bond motifs is 1. The highest BCUT2D eigenvalue weighted by Crippen LogP contribution is 2.37. The Morgan fingerprint density at radius 2 is 1.86 bits per heavy atom. The average molecular weight is 485 g/mol. The summed E-state index contributed by atoms with van der Waals surface area (Å²) in [5.74, 6) is -1.14. The fourth-order valence-electron chi connectivity index (χ4n) is 4.88. The summed E-state index contributed by atoms with van der Waals surface area (Å²) in [5, 5.41) is 23.6. The maximum absolute atomic E-state index is 14.0. The summed E-state index contributed by atoms with van der Waals surface area (Å²) in [4.78, 5) is 26.6. The molecular formula is C25H22F3N3O4. The Kier molecular flexibility index (Phi) is 5.63. The number of carbonyl (C=O) groups is 1. The van der Waals surface area contributed by atoms with Crippen molar-refractivity contribution in [2.75, 3.05) is 18.0 Å². The SMILES string of the molecule is O=C(O)c1cccc(-c2nn(-c3cc(N4CCC(O)C4)ccc3C(F)(F)F)c(=O)c3c2CCC3)c1. The molecule has 5 rings (SSSR count). The third-order valence-corrected chi connectivity index (χ3v) is 6.58. The maximum Gasteiger partial charge on any atom is 0.418 e. The van der Waals surface area contributed by atoms with Crippen molar-refractivity contribution in [3.05, 3.63) is 75.1 Å². The van der Waals surface area contributed by atoms with Gasteiger partial charge in [0.05, 0.1) is 28.6 Å². The zero-order valence-electron chi connectivity index (χ0n) is 18.5. The van der Waals surface area contributed by atoms with Gasteiger partial charge in [-0.05, 0) is 61.6 Å². The number of rotatable bonds is 4. The predicted octanol–water partition coefficient (Wildman–Crippen LogP) is 3.68. The van der Waals surface area contributed by atoms with Crippen LogP contribution in [0.1, 0.15) is 39.9 Å². The third-order valence-electron chi connectivity index (χ3n) is 6.58. The van der Waals surface area contributed by atoms with Crippen molar-refractivity contribution in [2.45, 2.75) is 38.0 Å². The normalized spacial score (nSPS) is 17.6. The summed E-state index contributed by atoms with van der Waals surface area (Å²) in [6.07, 6.45) is -3.22. The van der Waals surface area contributed by atoms with Gasteiger partial charge in [-0.15, -0.1) is 0 Å². The molecule has 10 heteroatoms. The van der Waals surface area contributed by atoms with Crippen LogP contribution < -0.4 is 10.5 Å². The van der Waals surface area contributed by atoms with E-state index in [0.29, 0.717) is 60.3 Å². The molecule has 35 heavy (non-hydrogen) atoms. The lowest BCUT2D eigenvalue weighted by atomic mass is 10.0. The van der Waals surface area contributed by atoms with E-state index in [9.17, 15) is 33.0 Å². The Hall–Kier alpha value is -3.66. The van der Waals surface area contributed by atoms with Crippen LogP contribution in [0.5, 0.6) is 0 Å². The smallest absolute Gasteiger partial charge is 0.418 e. The molecule has 1 saturated heterocycles. The van der Waals surface area contributed by atoms with Crippen LogP contribution in [0.2, 0.25) is 0 Å². The number of benzene rings is 2. The molecule has 3 aromatic rings. The second kappa shape index (κ2) is 8.53. The Labute approximate surface area is 198 Å². The van der Waals surface area contributed by atoms with Crippen LogP contribution in [0.3, 0.4) is 0 Å². The van der Waals surface area contributed by atoms with E-state index >= 15 is 0 Å². The van der Waals surface area contributed by atoms with Gasteiger partial charge in [0.2, 0.25) is 0 Å². The number of nitrogens with zero attached hydrogens (tertiary/aromatic N) is 3. The van der Waals surface area contributed by atoms with Crippen molar-refractivity contribution in [3.8, 4) is 16.9 Å². The van der Waals surface area contributed by atoms with Crippen LogP contribution in [0.25, 0.3) is 16.9 Å². The molecule has 2 aliphatic rings. The number of aromatic nitrogens is 2. The average Bonchev–Trinajstić information content (AvgIpc) is 3.48. The first kappa shape index (κ1) is 23.1. The van der Waals surface area contributed by atoms with E-state index in [2.05, 4.69) is 5.10 Å². The first-order chi connectivity index (χ1) is 16.6. The number of hydrogen-bond donors (Lipinski definition) is 2. The number of hydrogen-bond acceptors (Lipinski definition) is 5. The molecule has 1 aromatic heterocycles. The topological polar surface area (TPSA) is 95.7 Å². The predicted molar refractivity (Wildman–Crippen MR) is 122 cm³/mol. The maximum atomic E-state index is 14.0. The van der Waals surface area contributed by atoms with Crippen LogP contribution in [-0.2, 0) is 19.0 Å². The number of aliphatic hydroxyl groups is 1. The summed E-state index contributed by atoms with van der Waals surface area (Å²) in [5.41, 5.74) is 0.212. The van der Waals surface area contributed by atoms with Crippen molar-refractivity contribution in [1.29, 1.82) is 0 Å². The summed E-state index contributed by atoms with van der Waals surface area (Å²) in [7, 11) is 0. The van der Waals surface area contributed by atoms with E-state index in [1.165, 1.54) is 30.3 Å². The van der Waals surface area contributed by atoms with Crippen LogP contribution in [0, 0.1) is 0 Å². The molecule has 1 aliphatic carbocycles. The van der Waals surface area contributed by atoms with Gasteiger partial charge < -0.3 is 15.1 Å². The number of carboxylic acids is 1. The molecule has 0 spiro atoms. The Morgan fingerprint density at radius 3 is 2.54 bits per heavy atom. The van der Waals surface area contributed by atoms with E-state index in [1.54, 1.807) is 11.0 Å². The Bertz CT molecular complexity index is 1380. The molecule has 0 radical (unpaired) electrons. The van der Waals surface area contributed by atoms with Crippen molar-refractivity contribution in [1.82, 2.24) is 9.78 Å². The molecule has 1 aliphatic heterocycles. The van der Waals surface area contributed by atoms with Gasteiger partial charge in [-0.25, -0.2) is 4.79 Å². The van der Waals surface area contributed by atoms with Crippen LogP contribution in [0.15, 0.2) is 47.3 Å². The summed E-state index contributed by atoms with van der Waals surface area (Å²) < 4.78 is 42.8. The Balaban J connectivity index is 1.74. The molecule has 2 heterocycles. The zero-order valence-corrected chi connectivity index (χ0v) is 18.5. The number of alkyl halides is 3. The minimum absolute atomic E-state index is 0.0133. The van der Waals surface area contributed by atoms with E-state index < -0.39 is 35.1 Å². The molecular weight excluding hydrogens is 463 g/mol. The highest BCUT2D eigenvalue weighted by Gasteiger charge is 2.36. The summed E-state index contributed by atoms with van der Waals surface area (Å²) in [6.45, 7) is 0.760. The highest BCUT2D eigenvalue weighted by atomic mass is 19.4. The van der Waals surface area contributed by atoms with Gasteiger partial charge in [0.1, 0.15) is 0 Å². The lowest BCUT2D eigenvalue weighted by molar-refractivity contribution is -0.137. The number of β-amino-alcohol motifs (C(OH)–C–C–N with tert-alkyl or cyclic N) is 1. The lowest BCUT2D eigenvalue weighted by Gasteiger charge is -2.22. The quantitative estimate of drug-likeness (QED) is 0.586. The van der Waals surface area contributed by atoms with Crippen molar-refractivity contribution >= 4 is 11.7 Å². The molecule has 182 valence electrons. The monoisotopic (exact) mass is 485 g/mol. The van der Waals surface area contributed by atoms with Crippen molar-refractivity contribution in [3.63, 3.8) is 0 Å². The molecule has 7 nitrogen and oxygen atoms in total. The fraction of sp³-hybridized carbons (Fsp3) is 0.320. The fourth-order valence-corrected chi connectivity index (χ4v) is 4.88. The van der Waals surface area contributed by atoms with Gasteiger partial charge in [-0.3, -0.25) is 4.79 Å². The minimum Gasteiger partial charge on any atom is -0.478 e. The minimum atomic E-state index is -4.73. The number of aromatic carboxylic acids is 1. The second-order valence-electron chi connectivity index (χ2n) is 8.85. The lowest BCUT2D eigenvalue weighted by Crippen LogP contribution is -2.29. The second-order valence-corrected chi connectivity index (χ2v) is 8.85. The van der Waals surface area contributed by atoms with Crippen LogP contribution >= 0.6 is 0 Å².